The number of rotatable bonds is 5. The van der Waals surface area contributed by atoms with Crippen LogP contribution in [0.25, 0.3) is 0 Å². The topological polar surface area (TPSA) is 58.6 Å². The molecule has 3 rings (SSSR count). The van der Waals surface area contributed by atoms with Gasteiger partial charge >= 0.3 is 0 Å². The van der Waals surface area contributed by atoms with E-state index in [-0.39, 0.29) is 24.2 Å². The van der Waals surface area contributed by atoms with Gasteiger partial charge in [0.1, 0.15) is 11.5 Å². The van der Waals surface area contributed by atoms with Crippen LogP contribution in [0.15, 0.2) is 48.5 Å². The maximum absolute atomic E-state index is 12.3. The molecule has 0 aliphatic carbocycles. The molecule has 1 N–H and O–H groups in total. The molecular formula is C19H19ClN2O3. The SMILES string of the molecule is CCN1C[C@@H](C(=O)Nc2ccc(Oc3ccccc3Cl)cc2)CC1=O. The Morgan fingerprint density at radius 1 is 1.24 bits per heavy atom. The zero-order valence-corrected chi connectivity index (χ0v) is 14.6. The second-order valence-electron chi connectivity index (χ2n) is 5.88. The Bertz CT molecular complexity index is 776. The Morgan fingerprint density at radius 3 is 2.60 bits per heavy atom. The van der Waals surface area contributed by atoms with Crippen LogP contribution in [0.4, 0.5) is 5.69 Å². The Balaban J connectivity index is 1.60. The first-order chi connectivity index (χ1) is 12.1. The highest BCUT2D eigenvalue weighted by Crippen LogP contribution is 2.29. The van der Waals surface area contributed by atoms with Crippen molar-refractivity contribution < 1.29 is 14.3 Å². The van der Waals surface area contributed by atoms with Crippen molar-refractivity contribution in [1.82, 2.24) is 4.90 Å². The number of anilines is 1. The highest BCUT2D eigenvalue weighted by atomic mass is 35.5. The van der Waals surface area contributed by atoms with E-state index in [0.717, 1.165) is 0 Å². The molecule has 1 atom stereocenters. The van der Waals surface area contributed by atoms with E-state index in [4.69, 9.17) is 16.3 Å². The standard InChI is InChI=1S/C19H19ClN2O3/c1-2-22-12-13(11-18(22)23)19(24)21-14-7-9-15(10-8-14)25-17-6-4-3-5-16(17)20/h3-10,13H,2,11-12H2,1H3,(H,21,24)/t13-/m0/s1. The number of carbonyl (C=O) groups excluding carboxylic acids is 2. The summed E-state index contributed by atoms with van der Waals surface area (Å²) >= 11 is 6.07. The fourth-order valence-corrected chi connectivity index (χ4v) is 2.93. The number of carbonyl (C=O) groups is 2. The summed E-state index contributed by atoms with van der Waals surface area (Å²) in [4.78, 5) is 25.7. The molecule has 2 aromatic rings. The van der Waals surface area contributed by atoms with Gasteiger partial charge in [0.05, 0.1) is 10.9 Å². The fraction of sp³-hybridized carbons (Fsp3) is 0.263. The lowest BCUT2D eigenvalue weighted by Crippen LogP contribution is -2.28. The third kappa shape index (κ3) is 4.12. The first-order valence-corrected chi connectivity index (χ1v) is 8.55. The van der Waals surface area contributed by atoms with E-state index in [0.29, 0.717) is 35.3 Å². The first kappa shape index (κ1) is 17.3. The third-order valence-electron chi connectivity index (χ3n) is 4.15. The molecule has 2 amide bonds. The van der Waals surface area contributed by atoms with Crippen molar-refractivity contribution in [2.75, 3.05) is 18.4 Å². The molecule has 0 spiro atoms. The minimum Gasteiger partial charge on any atom is -0.456 e. The van der Waals surface area contributed by atoms with Crippen molar-refractivity contribution >= 4 is 29.1 Å². The van der Waals surface area contributed by atoms with Gasteiger partial charge in [0.15, 0.2) is 0 Å². The Morgan fingerprint density at radius 2 is 1.96 bits per heavy atom. The molecule has 25 heavy (non-hydrogen) atoms. The highest BCUT2D eigenvalue weighted by Gasteiger charge is 2.33. The van der Waals surface area contributed by atoms with Crippen LogP contribution in [-0.2, 0) is 9.59 Å². The number of hydrogen-bond acceptors (Lipinski definition) is 3. The second-order valence-corrected chi connectivity index (χ2v) is 6.29. The number of nitrogens with one attached hydrogen (secondary N) is 1. The van der Waals surface area contributed by atoms with Crippen LogP contribution in [-0.4, -0.2) is 29.8 Å². The average molecular weight is 359 g/mol. The molecule has 0 saturated carbocycles. The molecule has 0 aromatic heterocycles. The van der Waals surface area contributed by atoms with Gasteiger partial charge in [-0.1, -0.05) is 23.7 Å². The lowest BCUT2D eigenvalue weighted by Gasteiger charge is -2.14. The van der Waals surface area contributed by atoms with Crippen molar-refractivity contribution in [2.24, 2.45) is 5.92 Å². The summed E-state index contributed by atoms with van der Waals surface area (Å²) < 4.78 is 5.72. The minimum atomic E-state index is -0.300. The van der Waals surface area contributed by atoms with Crippen LogP contribution < -0.4 is 10.1 Å². The van der Waals surface area contributed by atoms with Crippen molar-refractivity contribution in [3.8, 4) is 11.5 Å². The van der Waals surface area contributed by atoms with Gasteiger partial charge in [0.2, 0.25) is 11.8 Å². The quantitative estimate of drug-likeness (QED) is 0.880. The molecule has 2 aromatic carbocycles. The Kier molecular flexibility index (Phi) is 5.24. The van der Waals surface area contributed by atoms with Crippen LogP contribution in [0.2, 0.25) is 5.02 Å². The van der Waals surface area contributed by atoms with Gasteiger partial charge in [-0.05, 0) is 43.3 Å². The number of ether oxygens (including phenoxy) is 1. The van der Waals surface area contributed by atoms with E-state index in [9.17, 15) is 9.59 Å². The van der Waals surface area contributed by atoms with E-state index in [1.165, 1.54) is 0 Å². The average Bonchev–Trinajstić information content (AvgIpc) is 3.00. The van der Waals surface area contributed by atoms with E-state index < -0.39 is 0 Å². The van der Waals surface area contributed by atoms with Crippen molar-refractivity contribution in [2.45, 2.75) is 13.3 Å². The first-order valence-electron chi connectivity index (χ1n) is 8.18. The lowest BCUT2D eigenvalue weighted by molar-refractivity contribution is -0.128. The molecule has 1 aliphatic heterocycles. The van der Waals surface area contributed by atoms with Crippen LogP contribution in [0.5, 0.6) is 11.5 Å². The van der Waals surface area contributed by atoms with E-state index in [1.807, 2.05) is 19.1 Å². The number of likely N-dealkylation sites (tertiary alicyclic amines) is 1. The van der Waals surface area contributed by atoms with Crippen LogP contribution >= 0.6 is 11.6 Å². The summed E-state index contributed by atoms with van der Waals surface area (Å²) in [7, 11) is 0. The maximum Gasteiger partial charge on any atom is 0.229 e. The zero-order valence-electron chi connectivity index (χ0n) is 13.9. The smallest absolute Gasteiger partial charge is 0.229 e. The van der Waals surface area contributed by atoms with Gasteiger partial charge < -0.3 is 15.0 Å². The number of halogens is 1. The van der Waals surface area contributed by atoms with Gasteiger partial charge in [0.25, 0.3) is 0 Å². The molecule has 0 radical (unpaired) electrons. The molecular weight excluding hydrogens is 340 g/mol. The number of nitrogens with zero attached hydrogens (tertiary/aromatic N) is 1. The molecule has 5 nitrogen and oxygen atoms in total. The summed E-state index contributed by atoms with van der Waals surface area (Å²) in [5.41, 5.74) is 0.666. The molecule has 6 heteroatoms. The summed E-state index contributed by atoms with van der Waals surface area (Å²) in [6, 6.07) is 14.3. The largest absolute Gasteiger partial charge is 0.456 e. The normalized spacial score (nSPS) is 16.8. The Hall–Kier alpha value is -2.53. The van der Waals surface area contributed by atoms with Crippen LogP contribution in [0, 0.1) is 5.92 Å². The summed E-state index contributed by atoms with van der Waals surface area (Å²) in [6.07, 6.45) is 0.271. The highest BCUT2D eigenvalue weighted by molar-refractivity contribution is 6.32. The number of benzene rings is 2. The summed E-state index contributed by atoms with van der Waals surface area (Å²) in [5, 5.41) is 3.39. The molecule has 1 heterocycles. The predicted molar refractivity (Wildman–Crippen MR) is 97.0 cm³/mol. The van der Waals surface area contributed by atoms with Gasteiger partial charge in [-0.2, -0.15) is 0 Å². The molecule has 1 fully saturated rings. The van der Waals surface area contributed by atoms with Crippen molar-refractivity contribution in [1.29, 1.82) is 0 Å². The zero-order chi connectivity index (χ0) is 17.8. The number of hydrogen-bond donors (Lipinski definition) is 1. The van der Waals surface area contributed by atoms with Gasteiger partial charge in [-0.15, -0.1) is 0 Å². The third-order valence-corrected chi connectivity index (χ3v) is 4.47. The second kappa shape index (κ2) is 7.57. The predicted octanol–water partition coefficient (Wildman–Crippen LogP) is 3.94. The molecule has 1 saturated heterocycles. The van der Waals surface area contributed by atoms with Gasteiger partial charge in [-0.25, -0.2) is 0 Å². The molecule has 0 unspecified atom stereocenters. The van der Waals surface area contributed by atoms with Crippen molar-refractivity contribution in [3.63, 3.8) is 0 Å². The number of amides is 2. The fourth-order valence-electron chi connectivity index (χ4n) is 2.76. The molecule has 0 bridgehead atoms. The van der Waals surface area contributed by atoms with E-state index in [2.05, 4.69) is 5.32 Å². The van der Waals surface area contributed by atoms with Crippen LogP contribution in [0.1, 0.15) is 13.3 Å². The number of para-hydroxylation sites is 1. The van der Waals surface area contributed by atoms with Gasteiger partial charge in [-0.3, -0.25) is 9.59 Å². The summed E-state index contributed by atoms with van der Waals surface area (Å²) in [6.45, 7) is 3.03. The van der Waals surface area contributed by atoms with E-state index >= 15 is 0 Å². The lowest BCUT2D eigenvalue weighted by atomic mass is 10.1. The van der Waals surface area contributed by atoms with E-state index in [1.54, 1.807) is 41.3 Å². The van der Waals surface area contributed by atoms with Crippen molar-refractivity contribution in [3.05, 3.63) is 53.6 Å². The monoisotopic (exact) mass is 358 g/mol. The molecule has 1 aliphatic rings. The summed E-state index contributed by atoms with van der Waals surface area (Å²) in [5.74, 6) is 0.797. The maximum atomic E-state index is 12.3. The minimum absolute atomic E-state index is 0.0335. The Labute approximate surface area is 151 Å². The molecule has 130 valence electrons. The van der Waals surface area contributed by atoms with Gasteiger partial charge in [0, 0.05) is 25.2 Å². The van der Waals surface area contributed by atoms with Crippen LogP contribution in [0.3, 0.4) is 0 Å².